The van der Waals surface area contributed by atoms with Crippen LogP contribution in [0.4, 0.5) is 0 Å². The fourth-order valence-electron chi connectivity index (χ4n) is 2.55. The number of hydrogen-bond acceptors (Lipinski definition) is 6. The van der Waals surface area contributed by atoms with Crippen LogP contribution in [0.3, 0.4) is 0 Å². The summed E-state index contributed by atoms with van der Waals surface area (Å²) in [6.07, 6.45) is 0. The molecule has 1 aliphatic rings. The number of amides is 1. The Morgan fingerprint density at radius 2 is 1.85 bits per heavy atom. The Labute approximate surface area is 162 Å². The molecule has 2 heterocycles. The Kier molecular flexibility index (Phi) is 6.39. The first-order valence-electron chi connectivity index (χ1n) is 8.38. The highest BCUT2D eigenvalue weighted by Crippen LogP contribution is 2.19. The number of nitrogens with zero attached hydrogens (tertiary/aromatic N) is 5. The normalized spacial score (nSPS) is 15.3. The van der Waals surface area contributed by atoms with Gasteiger partial charge in [0.2, 0.25) is 5.91 Å². The summed E-state index contributed by atoms with van der Waals surface area (Å²) in [5.41, 5.74) is 0. The molecular formula is C17H22ClN5O2S. The monoisotopic (exact) mass is 395 g/mol. The van der Waals surface area contributed by atoms with E-state index in [9.17, 15) is 4.79 Å². The zero-order valence-electron chi connectivity index (χ0n) is 14.9. The van der Waals surface area contributed by atoms with Crippen molar-refractivity contribution in [2.75, 3.05) is 39.0 Å². The maximum absolute atomic E-state index is 12.3. The van der Waals surface area contributed by atoms with E-state index in [4.69, 9.17) is 16.3 Å². The summed E-state index contributed by atoms with van der Waals surface area (Å²) in [6, 6.07) is 7.17. The standard InChI is InChI=1S/C17H22ClN5O2S/c1-21-7-9-23(10-8-21)16(24)12-26-17-20-19-15(22(17)2)11-25-14-5-3-13(18)4-6-14/h3-6H,7-12H2,1-2H3. The molecule has 0 N–H and O–H groups in total. The molecule has 0 saturated carbocycles. The number of benzene rings is 1. The van der Waals surface area contributed by atoms with Crippen molar-refractivity contribution in [2.45, 2.75) is 11.8 Å². The first kappa shape index (κ1) is 19.0. The van der Waals surface area contributed by atoms with Gasteiger partial charge in [0.15, 0.2) is 11.0 Å². The van der Waals surface area contributed by atoms with E-state index in [1.54, 1.807) is 12.1 Å². The van der Waals surface area contributed by atoms with Gasteiger partial charge in [-0.25, -0.2) is 0 Å². The second-order valence-corrected chi connectivity index (χ2v) is 7.55. The number of piperazine rings is 1. The Hall–Kier alpha value is -1.77. The molecule has 3 rings (SSSR count). The van der Waals surface area contributed by atoms with Crippen LogP contribution in [0.25, 0.3) is 0 Å². The molecule has 0 atom stereocenters. The van der Waals surface area contributed by atoms with Crippen molar-refractivity contribution in [2.24, 2.45) is 7.05 Å². The first-order valence-corrected chi connectivity index (χ1v) is 9.75. The maximum Gasteiger partial charge on any atom is 0.233 e. The molecule has 9 heteroatoms. The molecule has 0 bridgehead atoms. The summed E-state index contributed by atoms with van der Waals surface area (Å²) < 4.78 is 7.56. The molecule has 1 aromatic heterocycles. The molecule has 0 unspecified atom stereocenters. The van der Waals surface area contributed by atoms with Gasteiger partial charge in [0, 0.05) is 38.2 Å². The maximum atomic E-state index is 12.3. The number of rotatable bonds is 6. The Bertz CT molecular complexity index is 744. The minimum Gasteiger partial charge on any atom is -0.486 e. The lowest BCUT2D eigenvalue weighted by Gasteiger charge is -2.32. The Balaban J connectivity index is 1.50. The van der Waals surface area contributed by atoms with Crippen LogP contribution in [0, 0.1) is 0 Å². The van der Waals surface area contributed by atoms with Gasteiger partial charge in [-0.3, -0.25) is 4.79 Å². The highest BCUT2D eigenvalue weighted by molar-refractivity contribution is 7.99. The van der Waals surface area contributed by atoms with E-state index in [1.165, 1.54) is 11.8 Å². The molecule has 1 amide bonds. The third-order valence-corrected chi connectivity index (χ3v) is 5.54. The average molecular weight is 396 g/mol. The lowest BCUT2D eigenvalue weighted by atomic mass is 10.3. The van der Waals surface area contributed by atoms with Gasteiger partial charge in [-0.05, 0) is 31.3 Å². The second kappa shape index (κ2) is 8.75. The van der Waals surface area contributed by atoms with Crippen LogP contribution in [0.2, 0.25) is 5.02 Å². The SMILES string of the molecule is CN1CCN(C(=O)CSc2nnc(COc3ccc(Cl)cc3)n2C)CC1. The smallest absolute Gasteiger partial charge is 0.233 e. The van der Waals surface area contributed by atoms with Crippen LogP contribution in [-0.2, 0) is 18.4 Å². The highest BCUT2D eigenvalue weighted by Gasteiger charge is 2.20. The number of aromatic nitrogens is 3. The molecule has 7 nitrogen and oxygen atoms in total. The van der Waals surface area contributed by atoms with Gasteiger partial charge >= 0.3 is 0 Å². The predicted octanol–water partition coefficient (Wildman–Crippen LogP) is 1.91. The lowest BCUT2D eigenvalue weighted by Crippen LogP contribution is -2.47. The number of carbonyl (C=O) groups excluding carboxylic acids is 1. The highest BCUT2D eigenvalue weighted by atomic mass is 35.5. The van der Waals surface area contributed by atoms with Gasteiger partial charge in [0.1, 0.15) is 12.4 Å². The number of halogens is 1. The van der Waals surface area contributed by atoms with Gasteiger partial charge < -0.3 is 19.1 Å². The summed E-state index contributed by atoms with van der Waals surface area (Å²) >= 11 is 7.27. The topological polar surface area (TPSA) is 63.5 Å². The van der Waals surface area contributed by atoms with Crippen LogP contribution < -0.4 is 4.74 Å². The summed E-state index contributed by atoms with van der Waals surface area (Å²) in [5.74, 6) is 1.93. The van der Waals surface area contributed by atoms with Gasteiger partial charge in [0.25, 0.3) is 0 Å². The molecule has 0 radical (unpaired) electrons. The molecule has 140 valence electrons. The predicted molar refractivity (Wildman–Crippen MR) is 102 cm³/mol. The number of likely N-dealkylation sites (N-methyl/N-ethyl adjacent to an activating group) is 1. The third kappa shape index (κ3) is 4.90. The van der Waals surface area contributed by atoms with Crippen LogP contribution in [0.15, 0.2) is 29.4 Å². The van der Waals surface area contributed by atoms with E-state index < -0.39 is 0 Å². The van der Waals surface area contributed by atoms with Crippen molar-refractivity contribution in [3.63, 3.8) is 0 Å². The van der Waals surface area contributed by atoms with Crippen molar-refractivity contribution in [1.82, 2.24) is 24.6 Å². The van der Waals surface area contributed by atoms with Crippen molar-refractivity contribution >= 4 is 29.3 Å². The second-order valence-electron chi connectivity index (χ2n) is 6.17. The zero-order chi connectivity index (χ0) is 18.5. The summed E-state index contributed by atoms with van der Waals surface area (Å²) in [7, 11) is 3.95. The zero-order valence-corrected chi connectivity index (χ0v) is 16.5. The van der Waals surface area contributed by atoms with Gasteiger partial charge in [-0.2, -0.15) is 0 Å². The van der Waals surface area contributed by atoms with Crippen molar-refractivity contribution in [1.29, 1.82) is 0 Å². The van der Waals surface area contributed by atoms with E-state index in [1.807, 2.05) is 28.6 Å². The minimum absolute atomic E-state index is 0.144. The molecule has 1 aromatic carbocycles. The van der Waals surface area contributed by atoms with Gasteiger partial charge in [0.05, 0.1) is 5.75 Å². The largest absolute Gasteiger partial charge is 0.486 e. The fraction of sp³-hybridized carbons (Fsp3) is 0.471. The third-order valence-electron chi connectivity index (χ3n) is 4.29. The molecule has 26 heavy (non-hydrogen) atoms. The Morgan fingerprint density at radius 1 is 1.15 bits per heavy atom. The van der Waals surface area contributed by atoms with E-state index in [2.05, 4.69) is 22.1 Å². The van der Waals surface area contributed by atoms with Crippen LogP contribution in [-0.4, -0.2) is 69.5 Å². The molecule has 1 aliphatic heterocycles. The van der Waals surface area contributed by atoms with E-state index in [-0.39, 0.29) is 5.91 Å². The fourth-order valence-corrected chi connectivity index (χ4v) is 3.51. The van der Waals surface area contributed by atoms with Crippen LogP contribution in [0.5, 0.6) is 5.75 Å². The molecule has 1 saturated heterocycles. The van der Waals surface area contributed by atoms with Gasteiger partial charge in [-0.1, -0.05) is 23.4 Å². The molecule has 2 aromatic rings. The number of ether oxygens (including phenoxy) is 1. The van der Waals surface area contributed by atoms with Crippen molar-refractivity contribution in [3.8, 4) is 5.75 Å². The molecular weight excluding hydrogens is 374 g/mol. The number of hydrogen-bond donors (Lipinski definition) is 0. The number of carbonyl (C=O) groups is 1. The summed E-state index contributed by atoms with van der Waals surface area (Å²) in [4.78, 5) is 16.5. The summed E-state index contributed by atoms with van der Waals surface area (Å²) in [5, 5.41) is 9.70. The van der Waals surface area contributed by atoms with Crippen molar-refractivity contribution in [3.05, 3.63) is 35.1 Å². The quantitative estimate of drug-likeness (QED) is 0.696. The molecule has 0 aliphatic carbocycles. The molecule has 1 fully saturated rings. The number of thioether (sulfide) groups is 1. The average Bonchev–Trinajstić information content (AvgIpc) is 3.00. The van der Waals surface area contributed by atoms with Crippen LogP contribution >= 0.6 is 23.4 Å². The van der Waals surface area contributed by atoms with E-state index in [0.717, 1.165) is 31.9 Å². The molecule has 0 spiro atoms. The minimum atomic E-state index is 0.144. The van der Waals surface area contributed by atoms with Crippen LogP contribution in [0.1, 0.15) is 5.82 Å². The first-order chi connectivity index (χ1) is 12.5. The lowest BCUT2D eigenvalue weighted by molar-refractivity contribution is -0.129. The van der Waals surface area contributed by atoms with E-state index >= 15 is 0 Å². The Morgan fingerprint density at radius 3 is 2.54 bits per heavy atom. The van der Waals surface area contributed by atoms with E-state index in [0.29, 0.717) is 28.4 Å². The summed E-state index contributed by atoms with van der Waals surface area (Å²) in [6.45, 7) is 3.72. The van der Waals surface area contributed by atoms with Crippen molar-refractivity contribution < 1.29 is 9.53 Å². The van der Waals surface area contributed by atoms with Gasteiger partial charge in [-0.15, -0.1) is 10.2 Å².